The fourth-order valence-electron chi connectivity index (χ4n) is 2.49. The van der Waals surface area contributed by atoms with Crippen LogP contribution < -0.4 is 5.32 Å². The molecule has 0 spiro atoms. The molecule has 0 aliphatic heterocycles. The van der Waals surface area contributed by atoms with Gasteiger partial charge >= 0.3 is 0 Å². The van der Waals surface area contributed by atoms with Gasteiger partial charge in [0.15, 0.2) is 0 Å². The van der Waals surface area contributed by atoms with Gasteiger partial charge in [0.05, 0.1) is 11.3 Å². The van der Waals surface area contributed by atoms with E-state index in [1.165, 1.54) is 5.56 Å². The molecule has 0 aliphatic carbocycles. The zero-order valence-corrected chi connectivity index (χ0v) is 14.0. The van der Waals surface area contributed by atoms with Gasteiger partial charge in [0.25, 0.3) is 5.91 Å². The van der Waals surface area contributed by atoms with Gasteiger partial charge in [-0.25, -0.2) is 0 Å². The van der Waals surface area contributed by atoms with Crippen LogP contribution in [0, 0.1) is 0 Å². The van der Waals surface area contributed by atoms with Gasteiger partial charge < -0.3 is 10.2 Å². The average Bonchev–Trinajstić information content (AvgIpc) is 2.60. The van der Waals surface area contributed by atoms with Crippen LogP contribution in [0.1, 0.15) is 42.6 Å². The molecular weight excluding hydrogens is 286 g/mol. The van der Waals surface area contributed by atoms with E-state index in [4.69, 9.17) is 0 Å². The first-order chi connectivity index (χ1) is 11.2. The molecule has 0 unspecified atom stereocenters. The second-order valence-corrected chi connectivity index (χ2v) is 5.59. The Morgan fingerprint density at radius 2 is 1.78 bits per heavy atom. The zero-order chi connectivity index (χ0) is 16.5. The van der Waals surface area contributed by atoms with Crippen LogP contribution in [0.25, 0.3) is 0 Å². The maximum absolute atomic E-state index is 12.6. The third kappa shape index (κ3) is 5.09. The van der Waals surface area contributed by atoms with Crippen molar-refractivity contribution >= 4 is 11.6 Å². The average molecular weight is 311 g/mol. The molecule has 2 rings (SSSR count). The summed E-state index contributed by atoms with van der Waals surface area (Å²) < 4.78 is 0. The second-order valence-electron chi connectivity index (χ2n) is 5.59. The van der Waals surface area contributed by atoms with E-state index in [0.29, 0.717) is 12.1 Å². The Bertz CT molecular complexity index is 607. The topological polar surface area (TPSA) is 45.2 Å². The molecule has 23 heavy (non-hydrogen) atoms. The van der Waals surface area contributed by atoms with Gasteiger partial charge in [-0.15, -0.1) is 0 Å². The molecule has 0 saturated heterocycles. The molecule has 1 heterocycles. The van der Waals surface area contributed by atoms with Gasteiger partial charge in [-0.2, -0.15) is 0 Å². The van der Waals surface area contributed by atoms with E-state index in [9.17, 15) is 4.79 Å². The second kappa shape index (κ2) is 8.93. The highest BCUT2D eigenvalue weighted by atomic mass is 16.2. The van der Waals surface area contributed by atoms with Gasteiger partial charge in [-0.1, -0.05) is 44.2 Å². The third-order valence-corrected chi connectivity index (χ3v) is 3.60. The van der Waals surface area contributed by atoms with E-state index in [2.05, 4.69) is 36.3 Å². The van der Waals surface area contributed by atoms with Crippen LogP contribution >= 0.6 is 0 Å². The lowest BCUT2D eigenvalue weighted by Gasteiger charge is -2.21. The highest BCUT2D eigenvalue weighted by Crippen LogP contribution is 2.13. The number of pyridine rings is 1. The number of carbonyl (C=O) groups excluding carboxylic acids is 1. The molecule has 2 aromatic rings. The summed E-state index contributed by atoms with van der Waals surface area (Å²) in [5.74, 6) is 0.0598. The largest absolute Gasteiger partial charge is 0.380 e. The van der Waals surface area contributed by atoms with Crippen LogP contribution in [0.15, 0.2) is 48.8 Å². The number of rotatable bonds is 8. The fourth-order valence-corrected chi connectivity index (χ4v) is 2.49. The van der Waals surface area contributed by atoms with Crippen LogP contribution in [0.4, 0.5) is 5.69 Å². The Hall–Kier alpha value is -2.36. The Kier molecular flexibility index (Phi) is 6.60. The van der Waals surface area contributed by atoms with E-state index in [-0.39, 0.29) is 5.91 Å². The van der Waals surface area contributed by atoms with Crippen molar-refractivity contribution in [3.05, 3.63) is 59.9 Å². The molecule has 0 saturated carbocycles. The summed E-state index contributed by atoms with van der Waals surface area (Å²) in [7, 11) is 0. The first-order valence-corrected chi connectivity index (χ1v) is 8.26. The smallest absolute Gasteiger partial charge is 0.255 e. The van der Waals surface area contributed by atoms with E-state index in [1.54, 1.807) is 12.4 Å². The van der Waals surface area contributed by atoms with Gasteiger partial charge in [0, 0.05) is 32.0 Å². The molecule has 0 aliphatic rings. The van der Waals surface area contributed by atoms with E-state index in [0.717, 1.165) is 31.6 Å². The lowest BCUT2D eigenvalue weighted by molar-refractivity contribution is 0.0755. The van der Waals surface area contributed by atoms with Crippen molar-refractivity contribution in [2.75, 3.05) is 18.4 Å². The number of anilines is 1. The summed E-state index contributed by atoms with van der Waals surface area (Å²) in [6.45, 7) is 6.47. The molecule has 0 fully saturated rings. The number of aromatic nitrogens is 1. The molecule has 1 amide bonds. The maximum atomic E-state index is 12.6. The summed E-state index contributed by atoms with van der Waals surface area (Å²) in [5, 5.41) is 3.33. The number of amides is 1. The van der Waals surface area contributed by atoms with Crippen LogP contribution in [0.5, 0.6) is 0 Å². The van der Waals surface area contributed by atoms with Crippen LogP contribution in [-0.4, -0.2) is 28.9 Å². The lowest BCUT2D eigenvalue weighted by atomic mass is 10.2. The number of hydrogen-bond donors (Lipinski definition) is 1. The summed E-state index contributed by atoms with van der Waals surface area (Å²) in [4.78, 5) is 18.7. The Morgan fingerprint density at radius 3 is 2.43 bits per heavy atom. The number of carbonyl (C=O) groups is 1. The maximum Gasteiger partial charge on any atom is 0.255 e. The molecule has 0 bridgehead atoms. The summed E-state index contributed by atoms with van der Waals surface area (Å²) in [6.07, 6.45) is 5.33. The number of nitrogens with zero attached hydrogens (tertiary/aromatic N) is 2. The normalized spacial score (nSPS) is 10.3. The Balaban J connectivity index is 2.04. The highest BCUT2D eigenvalue weighted by molar-refractivity contribution is 5.94. The Morgan fingerprint density at radius 1 is 1.09 bits per heavy atom. The standard InChI is InChI=1S/C19H25N3O/c1-3-10-22(11-4-2)19(23)17-12-18(15-20-14-17)21-13-16-8-6-5-7-9-16/h5-9,12,14-15,21H,3-4,10-11,13H2,1-2H3. The molecule has 4 nitrogen and oxygen atoms in total. The van der Waals surface area contributed by atoms with Crippen LogP contribution in [0.2, 0.25) is 0 Å². The number of hydrogen-bond acceptors (Lipinski definition) is 3. The van der Waals surface area contributed by atoms with Crippen molar-refractivity contribution in [2.45, 2.75) is 33.2 Å². The Labute approximate surface area is 138 Å². The SMILES string of the molecule is CCCN(CCC)C(=O)c1cncc(NCc2ccccc2)c1. The monoisotopic (exact) mass is 311 g/mol. The van der Waals surface area contributed by atoms with E-state index < -0.39 is 0 Å². The molecular formula is C19H25N3O. The zero-order valence-electron chi connectivity index (χ0n) is 14.0. The first-order valence-electron chi connectivity index (χ1n) is 8.26. The fraction of sp³-hybridized carbons (Fsp3) is 0.368. The molecule has 1 N–H and O–H groups in total. The highest BCUT2D eigenvalue weighted by Gasteiger charge is 2.14. The third-order valence-electron chi connectivity index (χ3n) is 3.60. The van der Waals surface area contributed by atoms with Crippen LogP contribution in [0.3, 0.4) is 0 Å². The first kappa shape index (κ1) is 17.0. The summed E-state index contributed by atoms with van der Waals surface area (Å²) in [6, 6.07) is 12.1. The number of nitrogens with one attached hydrogen (secondary N) is 1. The van der Waals surface area contributed by atoms with Crippen molar-refractivity contribution in [2.24, 2.45) is 0 Å². The molecule has 0 atom stereocenters. The van der Waals surface area contributed by atoms with Gasteiger partial charge in [0.1, 0.15) is 0 Å². The van der Waals surface area contributed by atoms with Crippen LogP contribution in [-0.2, 0) is 6.54 Å². The molecule has 0 radical (unpaired) electrons. The minimum absolute atomic E-state index is 0.0598. The molecule has 1 aromatic heterocycles. The van der Waals surface area contributed by atoms with Gasteiger partial charge in [-0.05, 0) is 24.5 Å². The summed E-state index contributed by atoms with van der Waals surface area (Å²) in [5.41, 5.74) is 2.71. The molecule has 122 valence electrons. The van der Waals surface area contributed by atoms with E-state index in [1.807, 2.05) is 29.2 Å². The predicted octanol–water partition coefficient (Wildman–Crippen LogP) is 3.96. The molecule has 1 aromatic carbocycles. The number of benzene rings is 1. The van der Waals surface area contributed by atoms with Crippen molar-refractivity contribution in [1.29, 1.82) is 0 Å². The van der Waals surface area contributed by atoms with Gasteiger partial charge in [0.2, 0.25) is 0 Å². The minimum atomic E-state index is 0.0598. The predicted molar refractivity (Wildman–Crippen MR) is 94.5 cm³/mol. The van der Waals surface area contributed by atoms with Crippen molar-refractivity contribution in [1.82, 2.24) is 9.88 Å². The lowest BCUT2D eigenvalue weighted by Crippen LogP contribution is -2.32. The van der Waals surface area contributed by atoms with Crippen molar-refractivity contribution in [3.63, 3.8) is 0 Å². The molecule has 4 heteroatoms. The van der Waals surface area contributed by atoms with Crippen molar-refractivity contribution in [3.8, 4) is 0 Å². The van der Waals surface area contributed by atoms with Gasteiger partial charge in [-0.3, -0.25) is 9.78 Å². The quantitative estimate of drug-likeness (QED) is 0.802. The minimum Gasteiger partial charge on any atom is -0.380 e. The summed E-state index contributed by atoms with van der Waals surface area (Å²) >= 11 is 0. The van der Waals surface area contributed by atoms with E-state index >= 15 is 0 Å². The van der Waals surface area contributed by atoms with Crippen molar-refractivity contribution < 1.29 is 4.79 Å².